The lowest BCUT2D eigenvalue weighted by Gasteiger charge is -2.23. The highest BCUT2D eigenvalue weighted by atomic mass is 16.2. The van der Waals surface area contributed by atoms with Gasteiger partial charge in [0.25, 0.3) is 0 Å². The number of carbonyl (C=O) groups excluding carboxylic acids is 2. The highest BCUT2D eigenvalue weighted by Gasteiger charge is 2.50. The van der Waals surface area contributed by atoms with Crippen molar-refractivity contribution in [2.45, 2.75) is 0 Å². The number of benzene rings is 1. The predicted octanol–water partition coefficient (Wildman–Crippen LogP) is 0.811. The van der Waals surface area contributed by atoms with E-state index in [0.29, 0.717) is 18.8 Å². The highest BCUT2D eigenvalue weighted by molar-refractivity contribution is 6.08. The van der Waals surface area contributed by atoms with Crippen molar-refractivity contribution < 1.29 is 9.59 Å². The minimum atomic E-state index is -0.674. The Bertz CT molecular complexity index is 404. The fraction of sp³-hybridized carbons (Fsp3) is 0.200. The third-order valence-electron chi connectivity index (χ3n) is 2.58. The first-order chi connectivity index (χ1) is 7.18. The summed E-state index contributed by atoms with van der Waals surface area (Å²) in [6, 6.07) is 7.63. The summed E-state index contributed by atoms with van der Waals surface area (Å²) in [4.78, 5) is 23.1. The summed E-state index contributed by atoms with van der Waals surface area (Å²) in [6.07, 6.45) is 0. The van der Waals surface area contributed by atoms with Crippen molar-refractivity contribution in [3.05, 3.63) is 30.3 Å². The van der Waals surface area contributed by atoms with Crippen molar-refractivity contribution in [1.29, 1.82) is 0 Å². The molecule has 0 aliphatic carbocycles. The second-order valence-electron chi connectivity index (χ2n) is 3.37. The lowest BCUT2D eigenvalue weighted by atomic mass is 10.2. The van der Waals surface area contributed by atoms with Gasteiger partial charge in [-0.3, -0.25) is 0 Å². The molecule has 1 radical (unpaired) electrons. The van der Waals surface area contributed by atoms with Crippen LogP contribution >= 0.6 is 0 Å². The quantitative estimate of drug-likeness (QED) is 0.689. The van der Waals surface area contributed by atoms with Crippen molar-refractivity contribution in [2.24, 2.45) is 5.73 Å². The van der Waals surface area contributed by atoms with Gasteiger partial charge in [0, 0.05) is 12.1 Å². The molecule has 1 aliphatic rings. The fourth-order valence-corrected chi connectivity index (χ4v) is 1.77. The molecule has 1 atom stereocenters. The van der Waals surface area contributed by atoms with E-state index in [1.54, 1.807) is 24.3 Å². The van der Waals surface area contributed by atoms with Crippen LogP contribution in [0.2, 0.25) is 0 Å². The van der Waals surface area contributed by atoms with Crippen molar-refractivity contribution in [2.75, 3.05) is 13.1 Å². The zero-order valence-corrected chi connectivity index (χ0v) is 8.09. The Kier molecular flexibility index (Phi) is 2.17. The topological polar surface area (TPSA) is 74.3 Å². The van der Waals surface area contributed by atoms with E-state index in [0.717, 1.165) is 0 Å². The number of quaternary nitrogens is 1. The monoisotopic (exact) mass is 205 g/mol. The van der Waals surface area contributed by atoms with Gasteiger partial charge in [-0.1, -0.05) is 18.2 Å². The van der Waals surface area contributed by atoms with Gasteiger partial charge in [0.1, 0.15) is 6.54 Å². The summed E-state index contributed by atoms with van der Waals surface area (Å²) in [5, 5.41) is 3.72. The van der Waals surface area contributed by atoms with Gasteiger partial charge in [-0.25, -0.2) is 9.59 Å². The molecule has 0 aromatic heterocycles. The van der Waals surface area contributed by atoms with Crippen LogP contribution in [0.3, 0.4) is 0 Å². The maximum Gasteiger partial charge on any atom is 0.452 e. The average molecular weight is 205 g/mol. The average Bonchev–Trinajstić information content (AvgIpc) is 2.62. The van der Waals surface area contributed by atoms with Crippen LogP contribution in [0.5, 0.6) is 0 Å². The maximum absolute atomic E-state index is 11.6. The lowest BCUT2D eigenvalue weighted by Crippen LogP contribution is -2.58. The summed E-state index contributed by atoms with van der Waals surface area (Å²) in [5.74, 6) is 0. The van der Waals surface area contributed by atoms with Gasteiger partial charge in [-0.2, -0.15) is 5.32 Å². The number of para-hydroxylation sites is 1. The highest BCUT2D eigenvalue weighted by Crippen LogP contribution is 2.25. The van der Waals surface area contributed by atoms with Gasteiger partial charge in [0.05, 0.1) is 6.54 Å². The standard InChI is InChI=1S/C10H10N3O2/c11-9(14)13(7-6-12-10(13)15)8-4-2-1-3-5-8/h1-5H,6-7H2,(H-,11,14)/p+1. The number of nitrogens with two attached hydrogens (primary N) is 1. The Balaban J connectivity index is 2.53. The molecule has 4 amide bonds. The first-order valence-corrected chi connectivity index (χ1v) is 4.63. The van der Waals surface area contributed by atoms with E-state index in [-0.39, 0.29) is 0 Å². The van der Waals surface area contributed by atoms with Crippen molar-refractivity contribution in [1.82, 2.24) is 9.80 Å². The van der Waals surface area contributed by atoms with Crippen molar-refractivity contribution in [3.8, 4) is 0 Å². The normalized spacial score (nSPS) is 24.9. The third kappa shape index (κ3) is 1.28. The zero-order chi connectivity index (χ0) is 10.9. The predicted molar refractivity (Wildman–Crippen MR) is 55.1 cm³/mol. The van der Waals surface area contributed by atoms with E-state index < -0.39 is 16.5 Å². The van der Waals surface area contributed by atoms with Gasteiger partial charge in [0.15, 0.2) is 5.69 Å². The van der Waals surface area contributed by atoms with Gasteiger partial charge >= 0.3 is 12.1 Å². The number of hydrogen-bond donors (Lipinski definition) is 1. The Morgan fingerprint density at radius 2 is 2.00 bits per heavy atom. The second-order valence-corrected chi connectivity index (χ2v) is 3.37. The zero-order valence-electron chi connectivity index (χ0n) is 8.09. The first kappa shape index (κ1) is 9.67. The summed E-state index contributed by atoms with van der Waals surface area (Å²) in [7, 11) is 0. The van der Waals surface area contributed by atoms with Gasteiger partial charge in [0.2, 0.25) is 0 Å². The van der Waals surface area contributed by atoms with Crippen LogP contribution in [0.25, 0.3) is 0 Å². The summed E-state index contributed by atoms with van der Waals surface area (Å²) in [5.41, 5.74) is 5.89. The molecule has 0 saturated carbocycles. The fourth-order valence-electron chi connectivity index (χ4n) is 1.77. The Morgan fingerprint density at radius 3 is 2.47 bits per heavy atom. The molecule has 0 spiro atoms. The molecule has 1 aliphatic heterocycles. The smallest absolute Gasteiger partial charge is 0.318 e. The number of urea groups is 2. The molecule has 5 nitrogen and oxygen atoms in total. The van der Waals surface area contributed by atoms with Crippen molar-refractivity contribution in [3.63, 3.8) is 0 Å². The molecule has 77 valence electrons. The molecule has 15 heavy (non-hydrogen) atoms. The largest absolute Gasteiger partial charge is 0.452 e. The molecule has 1 heterocycles. The summed E-state index contributed by atoms with van der Waals surface area (Å²) < 4.78 is -0.485. The summed E-state index contributed by atoms with van der Waals surface area (Å²) >= 11 is 0. The van der Waals surface area contributed by atoms with Crippen LogP contribution in [0.4, 0.5) is 15.3 Å². The first-order valence-electron chi connectivity index (χ1n) is 4.63. The Labute approximate surface area is 87.1 Å². The van der Waals surface area contributed by atoms with Gasteiger partial charge in [-0.05, 0) is 0 Å². The van der Waals surface area contributed by atoms with Crippen LogP contribution in [0, 0.1) is 0 Å². The van der Waals surface area contributed by atoms with E-state index in [4.69, 9.17) is 5.73 Å². The maximum atomic E-state index is 11.6. The number of rotatable bonds is 1. The van der Waals surface area contributed by atoms with E-state index in [1.165, 1.54) is 0 Å². The number of nitrogens with zero attached hydrogens (tertiary/aromatic N) is 2. The number of carbonyl (C=O) groups is 2. The minimum absolute atomic E-state index is 0.318. The van der Waals surface area contributed by atoms with Crippen LogP contribution in [-0.2, 0) is 0 Å². The second kappa shape index (κ2) is 3.36. The number of amides is 4. The van der Waals surface area contributed by atoms with Gasteiger partial charge in [-0.15, -0.1) is 4.48 Å². The number of imide groups is 1. The molecule has 2 N–H and O–H groups in total. The third-order valence-corrected chi connectivity index (χ3v) is 2.58. The molecular formula is C10H11N3O2+. The minimum Gasteiger partial charge on any atom is -0.318 e. The van der Waals surface area contributed by atoms with Crippen LogP contribution in [-0.4, -0.2) is 25.2 Å². The van der Waals surface area contributed by atoms with Crippen molar-refractivity contribution >= 4 is 17.7 Å². The lowest BCUT2D eigenvalue weighted by molar-refractivity contribution is 0.205. The van der Waals surface area contributed by atoms with E-state index in [2.05, 4.69) is 5.32 Å². The molecule has 1 fully saturated rings. The molecule has 5 heteroatoms. The SMILES string of the molecule is NC(=O)[N+]1(c2ccccc2)CC[N]C1=O. The Hall–Kier alpha value is -1.88. The van der Waals surface area contributed by atoms with E-state index >= 15 is 0 Å². The molecular weight excluding hydrogens is 194 g/mol. The summed E-state index contributed by atoms with van der Waals surface area (Å²) in [6.45, 7) is 0.662. The molecule has 0 bridgehead atoms. The molecule has 1 unspecified atom stereocenters. The van der Waals surface area contributed by atoms with E-state index in [1.807, 2.05) is 6.07 Å². The van der Waals surface area contributed by atoms with E-state index in [9.17, 15) is 9.59 Å². The Morgan fingerprint density at radius 1 is 1.33 bits per heavy atom. The number of hydrogen-bond acceptors (Lipinski definition) is 2. The number of primary amides is 1. The van der Waals surface area contributed by atoms with Gasteiger partial charge < -0.3 is 5.73 Å². The van der Waals surface area contributed by atoms with Crippen LogP contribution in [0.1, 0.15) is 0 Å². The molecule has 1 aromatic carbocycles. The molecule has 2 rings (SSSR count). The van der Waals surface area contributed by atoms with Crippen LogP contribution < -0.4 is 15.5 Å². The molecule has 1 saturated heterocycles. The van der Waals surface area contributed by atoms with Crippen LogP contribution in [0.15, 0.2) is 30.3 Å². The molecule has 1 aromatic rings.